The Kier molecular flexibility index (Phi) is 4.66. The molecule has 1 aromatic carbocycles. The van der Waals surface area contributed by atoms with E-state index in [9.17, 15) is 13.2 Å². The smallest absolute Gasteiger partial charge is 0.405 e. The summed E-state index contributed by atoms with van der Waals surface area (Å²) in [5, 5.41) is 2.31. The van der Waals surface area contributed by atoms with Gasteiger partial charge in [0.2, 0.25) is 0 Å². The average molecular weight is 247 g/mol. The first-order valence-electron chi connectivity index (χ1n) is 5.48. The Morgan fingerprint density at radius 2 is 2.06 bits per heavy atom. The molecule has 2 nitrogen and oxygen atoms in total. The first-order valence-corrected chi connectivity index (χ1v) is 5.48. The number of rotatable bonds is 5. The van der Waals surface area contributed by atoms with Gasteiger partial charge in [-0.3, -0.25) is 0 Å². The first kappa shape index (κ1) is 13.7. The number of ether oxygens (including phenoxy) is 1. The van der Waals surface area contributed by atoms with Crippen LogP contribution in [-0.4, -0.2) is 18.8 Å². The second kappa shape index (κ2) is 5.80. The Morgan fingerprint density at radius 1 is 1.35 bits per heavy atom. The highest BCUT2D eigenvalue weighted by Crippen LogP contribution is 2.21. The van der Waals surface area contributed by atoms with Crippen LogP contribution >= 0.6 is 0 Å². The first-order chi connectivity index (χ1) is 7.90. The minimum Gasteiger partial charge on any atom is -0.491 e. The van der Waals surface area contributed by atoms with Crippen molar-refractivity contribution in [1.29, 1.82) is 0 Å². The maximum Gasteiger partial charge on any atom is 0.405 e. The summed E-state index contributed by atoms with van der Waals surface area (Å²) in [5.41, 5.74) is 0.406. The van der Waals surface area contributed by atoms with Crippen LogP contribution in [0.5, 0.6) is 5.75 Å². The van der Waals surface area contributed by atoms with Crippen LogP contribution in [0.1, 0.15) is 20.3 Å². The molecular formula is C12H16F3NO. The zero-order valence-electron chi connectivity index (χ0n) is 9.84. The lowest BCUT2D eigenvalue weighted by molar-refractivity contribution is -0.115. The minimum absolute atomic E-state index is 0.0490. The Balaban J connectivity index is 2.60. The molecule has 0 amide bonds. The predicted octanol–water partition coefficient (Wildman–Crippen LogP) is 3.84. The fraction of sp³-hybridized carbons (Fsp3) is 0.500. The summed E-state index contributed by atoms with van der Waals surface area (Å²) in [6, 6.07) is 6.54. The highest BCUT2D eigenvalue weighted by atomic mass is 19.4. The highest BCUT2D eigenvalue weighted by Gasteiger charge is 2.26. The van der Waals surface area contributed by atoms with Gasteiger partial charge in [0.15, 0.2) is 0 Å². The molecule has 96 valence electrons. The van der Waals surface area contributed by atoms with E-state index in [0.717, 1.165) is 6.42 Å². The molecule has 1 N–H and O–H groups in total. The third kappa shape index (κ3) is 5.47. The maximum atomic E-state index is 12.0. The van der Waals surface area contributed by atoms with Gasteiger partial charge in [0.1, 0.15) is 12.3 Å². The average Bonchev–Trinajstić information content (AvgIpc) is 2.26. The molecule has 0 spiro atoms. The largest absolute Gasteiger partial charge is 0.491 e. The second-order valence-electron chi connectivity index (χ2n) is 3.83. The van der Waals surface area contributed by atoms with E-state index in [2.05, 4.69) is 5.32 Å². The SMILES string of the molecule is CCC(C)Oc1cccc(NCC(F)(F)F)c1. The van der Waals surface area contributed by atoms with E-state index in [1.165, 1.54) is 0 Å². The summed E-state index contributed by atoms with van der Waals surface area (Å²) in [4.78, 5) is 0. The molecule has 5 heteroatoms. The van der Waals surface area contributed by atoms with Gasteiger partial charge in [-0.25, -0.2) is 0 Å². The van der Waals surface area contributed by atoms with Gasteiger partial charge in [0, 0.05) is 11.8 Å². The summed E-state index contributed by atoms with van der Waals surface area (Å²) in [6.45, 7) is 2.85. The van der Waals surface area contributed by atoms with E-state index in [-0.39, 0.29) is 6.10 Å². The number of anilines is 1. The van der Waals surface area contributed by atoms with Crippen molar-refractivity contribution in [2.75, 3.05) is 11.9 Å². The molecule has 1 unspecified atom stereocenters. The molecule has 0 aliphatic carbocycles. The van der Waals surface area contributed by atoms with E-state index >= 15 is 0 Å². The normalized spacial score (nSPS) is 13.2. The summed E-state index contributed by atoms with van der Waals surface area (Å²) in [6.07, 6.45) is -3.32. The van der Waals surface area contributed by atoms with Gasteiger partial charge >= 0.3 is 6.18 Å². The quantitative estimate of drug-likeness (QED) is 0.853. The Hall–Kier alpha value is -1.39. The molecule has 0 radical (unpaired) electrons. The summed E-state index contributed by atoms with van der Waals surface area (Å²) < 4.78 is 41.6. The van der Waals surface area contributed by atoms with Crippen LogP contribution in [0.25, 0.3) is 0 Å². The molecule has 1 rings (SSSR count). The van der Waals surface area contributed by atoms with Crippen molar-refractivity contribution in [1.82, 2.24) is 0 Å². The Bertz CT molecular complexity index is 352. The van der Waals surface area contributed by atoms with E-state index in [1.807, 2.05) is 13.8 Å². The van der Waals surface area contributed by atoms with E-state index in [1.54, 1.807) is 24.3 Å². The molecule has 17 heavy (non-hydrogen) atoms. The molecule has 1 atom stereocenters. The third-order valence-electron chi connectivity index (χ3n) is 2.24. The van der Waals surface area contributed by atoms with Crippen molar-refractivity contribution < 1.29 is 17.9 Å². The molecule has 1 aromatic rings. The maximum absolute atomic E-state index is 12.0. The summed E-state index contributed by atoms with van der Waals surface area (Å²) >= 11 is 0. The van der Waals surface area contributed by atoms with Crippen LogP contribution in [0.3, 0.4) is 0 Å². The van der Waals surface area contributed by atoms with Crippen molar-refractivity contribution in [2.24, 2.45) is 0 Å². The fourth-order valence-electron chi connectivity index (χ4n) is 1.20. The van der Waals surface area contributed by atoms with Crippen LogP contribution in [0.4, 0.5) is 18.9 Å². The highest BCUT2D eigenvalue weighted by molar-refractivity contribution is 5.48. The summed E-state index contributed by atoms with van der Waals surface area (Å²) in [7, 11) is 0. The van der Waals surface area contributed by atoms with Crippen molar-refractivity contribution >= 4 is 5.69 Å². The van der Waals surface area contributed by atoms with Crippen molar-refractivity contribution in [3.63, 3.8) is 0 Å². The molecule has 0 aliphatic rings. The van der Waals surface area contributed by atoms with Crippen LogP contribution in [-0.2, 0) is 0 Å². The van der Waals surface area contributed by atoms with E-state index in [0.29, 0.717) is 11.4 Å². The lowest BCUT2D eigenvalue weighted by Crippen LogP contribution is -2.21. The molecule has 0 aliphatic heterocycles. The molecule has 0 saturated heterocycles. The molecular weight excluding hydrogens is 231 g/mol. The van der Waals surface area contributed by atoms with Gasteiger partial charge in [-0.2, -0.15) is 13.2 Å². The number of hydrogen-bond acceptors (Lipinski definition) is 2. The van der Waals surface area contributed by atoms with E-state index < -0.39 is 12.7 Å². The number of alkyl halides is 3. The Morgan fingerprint density at radius 3 is 2.65 bits per heavy atom. The fourth-order valence-corrected chi connectivity index (χ4v) is 1.20. The predicted molar refractivity (Wildman–Crippen MR) is 61.4 cm³/mol. The van der Waals surface area contributed by atoms with Gasteiger partial charge in [0.25, 0.3) is 0 Å². The Labute approximate surface area is 98.8 Å². The topological polar surface area (TPSA) is 21.3 Å². The van der Waals surface area contributed by atoms with Gasteiger partial charge in [-0.1, -0.05) is 13.0 Å². The van der Waals surface area contributed by atoms with Gasteiger partial charge in [-0.15, -0.1) is 0 Å². The molecule has 0 heterocycles. The molecule has 0 aromatic heterocycles. The number of nitrogens with one attached hydrogen (secondary N) is 1. The standard InChI is InChI=1S/C12H16F3NO/c1-3-9(2)17-11-6-4-5-10(7-11)16-8-12(13,14)15/h4-7,9,16H,3,8H2,1-2H3. The lowest BCUT2D eigenvalue weighted by Gasteiger charge is -2.14. The van der Waals surface area contributed by atoms with Crippen LogP contribution in [0, 0.1) is 0 Å². The zero-order chi connectivity index (χ0) is 12.9. The van der Waals surface area contributed by atoms with E-state index in [4.69, 9.17) is 4.74 Å². The van der Waals surface area contributed by atoms with Gasteiger partial charge in [-0.05, 0) is 25.5 Å². The number of hydrogen-bond donors (Lipinski definition) is 1. The van der Waals surface area contributed by atoms with Gasteiger partial charge < -0.3 is 10.1 Å². The van der Waals surface area contributed by atoms with Crippen molar-refractivity contribution in [3.05, 3.63) is 24.3 Å². The summed E-state index contributed by atoms with van der Waals surface area (Å²) in [5.74, 6) is 0.575. The van der Waals surface area contributed by atoms with Crippen LogP contribution in [0.15, 0.2) is 24.3 Å². The van der Waals surface area contributed by atoms with Gasteiger partial charge in [0.05, 0.1) is 6.10 Å². The third-order valence-corrected chi connectivity index (χ3v) is 2.24. The molecule has 0 fully saturated rings. The zero-order valence-corrected chi connectivity index (χ0v) is 9.84. The second-order valence-corrected chi connectivity index (χ2v) is 3.83. The van der Waals surface area contributed by atoms with Crippen LogP contribution < -0.4 is 10.1 Å². The number of halogens is 3. The van der Waals surface area contributed by atoms with Crippen molar-refractivity contribution in [2.45, 2.75) is 32.5 Å². The van der Waals surface area contributed by atoms with Crippen LogP contribution in [0.2, 0.25) is 0 Å². The number of benzene rings is 1. The molecule has 0 bridgehead atoms. The minimum atomic E-state index is -4.21. The monoisotopic (exact) mass is 247 g/mol. The lowest BCUT2D eigenvalue weighted by atomic mass is 10.2. The van der Waals surface area contributed by atoms with Crippen molar-refractivity contribution in [3.8, 4) is 5.75 Å². The molecule has 0 saturated carbocycles.